The van der Waals surface area contributed by atoms with Gasteiger partial charge in [0.2, 0.25) is 5.95 Å². The Morgan fingerprint density at radius 1 is 1.12 bits per heavy atom. The number of benzene rings is 2. The van der Waals surface area contributed by atoms with Crippen molar-refractivity contribution in [2.45, 2.75) is 26.4 Å². The molecule has 0 unspecified atom stereocenters. The molecule has 2 aromatic carbocycles. The molecule has 32 heavy (non-hydrogen) atoms. The smallest absolute Gasteiger partial charge is 0.279 e. The molecule has 6 bridgehead atoms. The zero-order valence-electron chi connectivity index (χ0n) is 17.6. The van der Waals surface area contributed by atoms with Crippen LogP contribution < -0.4 is 10.6 Å². The Labute approximate surface area is 185 Å². The van der Waals surface area contributed by atoms with Gasteiger partial charge in [-0.05, 0) is 61.2 Å². The number of aromatic nitrogens is 2. The number of anilines is 2. The van der Waals surface area contributed by atoms with E-state index in [1.54, 1.807) is 18.2 Å². The third-order valence-corrected chi connectivity index (χ3v) is 5.25. The minimum atomic E-state index is -0.507. The Hall–Kier alpha value is -3.85. The quantitative estimate of drug-likeness (QED) is 0.437. The lowest BCUT2D eigenvalue weighted by Gasteiger charge is -2.11. The number of nitro groups is 1. The molecule has 0 radical (unpaired) electrons. The summed E-state index contributed by atoms with van der Waals surface area (Å²) in [5.74, 6) is -0.0394. The third kappa shape index (κ3) is 4.89. The van der Waals surface area contributed by atoms with Crippen LogP contribution in [0.5, 0.6) is 0 Å². The van der Waals surface area contributed by atoms with Gasteiger partial charge in [0.1, 0.15) is 0 Å². The summed E-state index contributed by atoms with van der Waals surface area (Å²) in [6.45, 7) is 3.53. The van der Waals surface area contributed by atoms with Crippen LogP contribution in [0.3, 0.4) is 0 Å². The van der Waals surface area contributed by atoms with Gasteiger partial charge in [0.05, 0.1) is 22.8 Å². The van der Waals surface area contributed by atoms with Gasteiger partial charge in [0.15, 0.2) is 0 Å². The van der Waals surface area contributed by atoms with Crippen molar-refractivity contribution in [3.05, 3.63) is 75.5 Å². The van der Waals surface area contributed by atoms with Crippen molar-refractivity contribution in [2.75, 3.05) is 18.5 Å². The summed E-state index contributed by atoms with van der Waals surface area (Å²) in [4.78, 5) is 32.4. The molecule has 2 aliphatic heterocycles. The molecule has 0 saturated heterocycles. The van der Waals surface area contributed by atoms with Crippen LogP contribution in [0.1, 0.15) is 34.3 Å². The lowest BCUT2D eigenvalue weighted by Crippen LogP contribution is -2.24. The Bertz CT molecular complexity index is 1160. The molecule has 9 heteroatoms. The predicted octanol–water partition coefficient (Wildman–Crippen LogP) is 4.14. The van der Waals surface area contributed by atoms with Gasteiger partial charge in [-0.1, -0.05) is 6.07 Å². The maximum absolute atomic E-state index is 12.5. The molecule has 0 saturated carbocycles. The highest BCUT2D eigenvalue weighted by Crippen LogP contribution is 2.30. The van der Waals surface area contributed by atoms with E-state index in [-0.39, 0.29) is 17.2 Å². The van der Waals surface area contributed by atoms with Crippen molar-refractivity contribution in [1.29, 1.82) is 0 Å². The Morgan fingerprint density at radius 3 is 2.84 bits per heavy atom. The number of nitrogens with one attached hydrogen (secondary N) is 2. The molecule has 164 valence electrons. The topological polar surface area (TPSA) is 119 Å². The second kappa shape index (κ2) is 9.52. The molecular weight excluding hydrogens is 410 g/mol. The maximum atomic E-state index is 12.5. The van der Waals surface area contributed by atoms with Gasteiger partial charge in [-0.25, -0.2) is 9.97 Å². The maximum Gasteiger partial charge on any atom is 0.279 e. The highest BCUT2D eigenvalue weighted by Gasteiger charge is 2.20. The molecule has 2 aliphatic rings. The first-order valence-corrected chi connectivity index (χ1v) is 10.4. The summed E-state index contributed by atoms with van der Waals surface area (Å²) in [6, 6.07) is 11.9. The van der Waals surface area contributed by atoms with E-state index in [2.05, 4.69) is 20.6 Å². The Balaban J connectivity index is 1.74. The second-order valence-corrected chi connectivity index (χ2v) is 7.54. The van der Waals surface area contributed by atoms with Gasteiger partial charge >= 0.3 is 0 Å². The number of nitrogens with zero attached hydrogens (tertiary/aromatic N) is 3. The minimum absolute atomic E-state index is 0.189. The van der Waals surface area contributed by atoms with Gasteiger partial charge in [-0.2, -0.15) is 0 Å². The van der Waals surface area contributed by atoms with Crippen molar-refractivity contribution in [1.82, 2.24) is 15.3 Å². The number of nitro benzene ring substituents is 1. The number of hydrogen-bond donors (Lipinski definition) is 2. The second-order valence-electron chi connectivity index (χ2n) is 7.54. The number of aryl methyl sites for hydroxylation is 1. The standard InChI is InChI=1S/C23H23N5O4/c1-15-4-6-18-12-17(15)14-32-11-3-2-9-24-22(29)16-5-7-19(21(13-16)28(30)31)20-8-10-25-23(26-18)27-20/h4-8,10,12-13H,2-3,9,11,14H2,1H3,(H,24,29)(H,25,26,27). The molecule has 1 amide bonds. The van der Waals surface area contributed by atoms with Crippen LogP contribution >= 0.6 is 0 Å². The first-order valence-electron chi connectivity index (χ1n) is 10.4. The van der Waals surface area contributed by atoms with Crippen molar-refractivity contribution in [3.8, 4) is 11.3 Å². The van der Waals surface area contributed by atoms with Crippen molar-refractivity contribution < 1.29 is 14.5 Å². The van der Waals surface area contributed by atoms with Gasteiger partial charge < -0.3 is 15.4 Å². The zero-order chi connectivity index (χ0) is 22.5. The van der Waals surface area contributed by atoms with Gasteiger partial charge in [-0.15, -0.1) is 0 Å². The van der Waals surface area contributed by atoms with E-state index in [0.29, 0.717) is 37.0 Å². The molecule has 3 aromatic rings. The molecule has 3 heterocycles. The summed E-state index contributed by atoms with van der Waals surface area (Å²) in [7, 11) is 0. The van der Waals surface area contributed by atoms with Gasteiger partial charge in [0.25, 0.3) is 11.6 Å². The number of carbonyl (C=O) groups is 1. The molecule has 0 fully saturated rings. The van der Waals surface area contributed by atoms with E-state index in [0.717, 1.165) is 29.7 Å². The Kier molecular flexibility index (Phi) is 6.37. The number of carbonyl (C=O) groups excluding carboxylic acids is 1. The average Bonchev–Trinajstić information content (AvgIpc) is 2.79. The van der Waals surface area contributed by atoms with Gasteiger partial charge in [0, 0.05) is 36.7 Å². The molecule has 0 aliphatic carbocycles. The fourth-order valence-corrected chi connectivity index (χ4v) is 3.46. The lowest BCUT2D eigenvalue weighted by molar-refractivity contribution is -0.384. The van der Waals surface area contributed by atoms with Crippen LogP contribution in [0.4, 0.5) is 17.3 Å². The number of amides is 1. The third-order valence-electron chi connectivity index (χ3n) is 5.25. The van der Waals surface area contributed by atoms with E-state index < -0.39 is 4.92 Å². The molecular formula is C23H23N5O4. The monoisotopic (exact) mass is 433 g/mol. The van der Waals surface area contributed by atoms with Crippen LogP contribution in [0.25, 0.3) is 11.3 Å². The fourth-order valence-electron chi connectivity index (χ4n) is 3.46. The molecule has 2 N–H and O–H groups in total. The Morgan fingerprint density at radius 2 is 2.00 bits per heavy atom. The van der Waals surface area contributed by atoms with E-state index in [1.165, 1.54) is 12.3 Å². The molecule has 0 spiro atoms. The molecule has 9 nitrogen and oxygen atoms in total. The summed E-state index contributed by atoms with van der Waals surface area (Å²) < 4.78 is 5.80. The van der Waals surface area contributed by atoms with Crippen LogP contribution in [-0.4, -0.2) is 34.0 Å². The molecule has 1 aromatic heterocycles. The van der Waals surface area contributed by atoms with Crippen molar-refractivity contribution >= 4 is 23.2 Å². The number of hydrogen-bond acceptors (Lipinski definition) is 7. The number of fused-ring (bicyclic) bond motifs is 9. The highest BCUT2D eigenvalue weighted by atomic mass is 16.6. The largest absolute Gasteiger partial charge is 0.377 e. The SMILES string of the molecule is Cc1ccc2cc1COCCCCNC(=O)c1ccc(c([N+](=O)[O-])c1)-c1ccnc(n1)N2. The van der Waals surface area contributed by atoms with Crippen molar-refractivity contribution in [2.24, 2.45) is 0 Å². The van der Waals surface area contributed by atoms with Gasteiger partial charge in [-0.3, -0.25) is 14.9 Å². The van der Waals surface area contributed by atoms with Crippen LogP contribution in [0.15, 0.2) is 48.7 Å². The fraction of sp³-hybridized carbons (Fsp3) is 0.261. The average molecular weight is 433 g/mol. The van der Waals surface area contributed by atoms with E-state index >= 15 is 0 Å². The first-order chi connectivity index (χ1) is 15.5. The lowest BCUT2D eigenvalue weighted by atomic mass is 10.1. The molecule has 0 atom stereocenters. The van der Waals surface area contributed by atoms with E-state index in [9.17, 15) is 14.9 Å². The van der Waals surface area contributed by atoms with Crippen LogP contribution in [0.2, 0.25) is 0 Å². The molecule has 5 rings (SSSR count). The minimum Gasteiger partial charge on any atom is -0.377 e. The van der Waals surface area contributed by atoms with Crippen molar-refractivity contribution in [3.63, 3.8) is 0 Å². The highest BCUT2D eigenvalue weighted by molar-refractivity contribution is 5.96. The summed E-state index contributed by atoms with van der Waals surface area (Å²) >= 11 is 0. The summed E-state index contributed by atoms with van der Waals surface area (Å²) in [6.07, 6.45) is 3.07. The predicted molar refractivity (Wildman–Crippen MR) is 120 cm³/mol. The van der Waals surface area contributed by atoms with Crippen LogP contribution in [0, 0.1) is 17.0 Å². The number of rotatable bonds is 1. The summed E-state index contributed by atoms with van der Waals surface area (Å²) in [5.41, 5.74) is 3.69. The zero-order valence-corrected chi connectivity index (χ0v) is 17.6. The van der Waals surface area contributed by atoms with Crippen LogP contribution in [-0.2, 0) is 11.3 Å². The first kappa shape index (κ1) is 21.4. The van der Waals surface area contributed by atoms with E-state index in [4.69, 9.17) is 4.74 Å². The number of ether oxygens (including phenoxy) is 1. The van der Waals surface area contributed by atoms with E-state index in [1.807, 2.05) is 25.1 Å². The normalized spacial score (nSPS) is 14.5. The summed E-state index contributed by atoms with van der Waals surface area (Å²) in [5, 5.41) is 17.7.